The molecule has 0 bridgehead atoms. The predicted molar refractivity (Wildman–Crippen MR) is 91.2 cm³/mol. The van der Waals surface area contributed by atoms with E-state index in [1.165, 1.54) is 25.6 Å². The van der Waals surface area contributed by atoms with Crippen LogP contribution in [0, 0.1) is 6.92 Å². The number of hydrogen-bond donors (Lipinski definition) is 2. The van der Waals surface area contributed by atoms with Gasteiger partial charge in [-0.1, -0.05) is 32.6 Å². The molecule has 0 spiro atoms. The number of aliphatic hydroxyl groups excluding tert-OH is 1. The van der Waals surface area contributed by atoms with E-state index in [0.29, 0.717) is 17.0 Å². The first-order valence-electron chi connectivity index (χ1n) is 7.69. The number of aliphatic hydroxyl groups is 1. The molecule has 2 atom stereocenters. The molecule has 0 saturated heterocycles. The molecule has 3 N–H and O–H groups in total. The Morgan fingerprint density at radius 2 is 2.00 bits per heavy atom. The number of rotatable bonds is 7. The zero-order valence-corrected chi connectivity index (χ0v) is 14.3. The van der Waals surface area contributed by atoms with Crippen molar-refractivity contribution in [2.24, 2.45) is 0 Å². The second-order valence-electron chi connectivity index (χ2n) is 5.62. The number of imidazole rings is 1. The summed E-state index contributed by atoms with van der Waals surface area (Å²) in [6.07, 6.45) is 6.60. The van der Waals surface area contributed by atoms with Crippen molar-refractivity contribution in [3.8, 4) is 0 Å². The molecule has 2 aromatic heterocycles. The van der Waals surface area contributed by atoms with Crippen molar-refractivity contribution in [2.75, 3.05) is 5.73 Å². The lowest BCUT2D eigenvalue weighted by Gasteiger charge is -2.23. The second-order valence-corrected chi connectivity index (χ2v) is 5.62. The third kappa shape index (κ3) is 3.87. The van der Waals surface area contributed by atoms with Crippen molar-refractivity contribution in [1.29, 1.82) is 0 Å². The van der Waals surface area contributed by atoms with E-state index in [-0.39, 0.29) is 18.4 Å². The van der Waals surface area contributed by atoms with E-state index in [1.807, 2.05) is 18.4 Å². The van der Waals surface area contributed by atoms with Gasteiger partial charge in [0.2, 0.25) is 0 Å². The number of unbranched alkanes of at least 4 members (excludes halogenated alkanes) is 3. The largest absolute Gasteiger partial charge is 0.391 e. The topological polar surface area (TPSA) is 89.8 Å². The van der Waals surface area contributed by atoms with Gasteiger partial charge in [-0.2, -0.15) is 0 Å². The van der Waals surface area contributed by atoms with E-state index in [0.717, 1.165) is 18.7 Å². The van der Waals surface area contributed by atoms with Crippen molar-refractivity contribution in [3.05, 3.63) is 12.2 Å². The third-order valence-corrected chi connectivity index (χ3v) is 3.92. The van der Waals surface area contributed by atoms with Crippen molar-refractivity contribution in [2.45, 2.75) is 65.0 Å². The van der Waals surface area contributed by atoms with Gasteiger partial charge in [-0.25, -0.2) is 15.0 Å². The summed E-state index contributed by atoms with van der Waals surface area (Å²) >= 11 is 0. The van der Waals surface area contributed by atoms with Gasteiger partial charge in [-0.3, -0.25) is 0 Å². The zero-order valence-electron chi connectivity index (χ0n) is 13.5. The average Bonchev–Trinajstić information content (AvgIpc) is 2.77. The number of hydrogen-bond acceptors (Lipinski definition) is 5. The number of anilines is 1. The summed E-state index contributed by atoms with van der Waals surface area (Å²) in [7, 11) is 0. The molecular weight excluding hydrogens is 302 g/mol. The fraction of sp³-hybridized carbons (Fsp3) is 0.667. The highest BCUT2D eigenvalue weighted by Crippen LogP contribution is 2.27. The van der Waals surface area contributed by atoms with Gasteiger partial charge in [0.25, 0.3) is 0 Å². The molecule has 2 rings (SSSR count). The monoisotopic (exact) mass is 327 g/mol. The minimum Gasteiger partial charge on any atom is -0.391 e. The zero-order chi connectivity index (χ0) is 15.4. The molecule has 2 heterocycles. The number of nitrogens with two attached hydrogens (primary N) is 1. The molecule has 0 amide bonds. The Bertz CT molecular complexity index is 599. The Morgan fingerprint density at radius 1 is 1.27 bits per heavy atom. The molecule has 7 heteroatoms. The Morgan fingerprint density at radius 3 is 2.64 bits per heavy atom. The van der Waals surface area contributed by atoms with Gasteiger partial charge in [-0.15, -0.1) is 12.4 Å². The van der Waals surface area contributed by atoms with Crippen LogP contribution in [-0.4, -0.2) is 30.7 Å². The van der Waals surface area contributed by atoms with Crippen LogP contribution in [0.4, 0.5) is 5.82 Å². The minimum absolute atomic E-state index is 0. The predicted octanol–water partition coefficient (Wildman–Crippen LogP) is 3.03. The van der Waals surface area contributed by atoms with Gasteiger partial charge < -0.3 is 15.4 Å². The molecule has 0 saturated carbocycles. The van der Waals surface area contributed by atoms with E-state index in [4.69, 9.17) is 5.73 Å². The molecule has 124 valence electrons. The Kier molecular flexibility index (Phi) is 7.03. The number of nitrogen functional groups attached to an aromatic ring is 1. The van der Waals surface area contributed by atoms with Gasteiger partial charge in [0.1, 0.15) is 12.2 Å². The summed E-state index contributed by atoms with van der Waals surface area (Å²) in [6, 6.07) is -0.0267. The Balaban J connectivity index is 0.00000242. The maximum atomic E-state index is 10.2. The first-order chi connectivity index (χ1) is 10.1. The molecule has 0 aromatic carbocycles. The highest BCUT2D eigenvalue weighted by molar-refractivity contribution is 5.85. The molecule has 6 nitrogen and oxygen atoms in total. The first-order valence-corrected chi connectivity index (χ1v) is 7.69. The molecule has 22 heavy (non-hydrogen) atoms. The summed E-state index contributed by atoms with van der Waals surface area (Å²) in [5, 5.41) is 10.2. The van der Waals surface area contributed by atoms with E-state index < -0.39 is 6.10 Å². The van der Waals surface area contributed by atoms with Crippen molar-refractivity contribution >= 4 is 29.4 Å². The molecular formula is C15H26ClN5O. The summed E-state index contributed by atoms with van der Waals surface area (Å²) in [6.45, 7) is 5.93. The maximum absolute atomic E-state index is 10.2. The molecule has 0 fully saturated rings. The van der Waals surface area contributed by atoms with Crippen LogP contribution in [0.1, 0.15) is 57.8 Å². The van der Waals surface area contributed by atoms with E-state index in [2.05, 4.69) is 21.9 Å². The standard InChI is InChI=1S/C15H25N5O.ClH/c1-4-5-6-7-8-12(10(2)21)20-11(3)19-13-14(16)17-9-18-15(13)20;/h9-10,12,21H,4-8H2,1-3H3,(H2,16,17,18);1H. The van der Waals surface area contributed by atoms with Gasteiger partial charge >= 0.3 is 0 Å². The molecule has 0 aliphatic rings. The minimum atomic E-state index is -0.459. The summed E-state index contributed by atoms with van der Waals surface area (Å²) in [4.78, 5) is 12.8. The second kappa shape index (κ2) is 8.29. The van der Waals surface area contributed by atoms with Gasteiger partial charge in [0, 0.05) is 0 Å². The maximum Gasteiger partial charge on any atom is 0.165 e. The Hall–Kier alpha value is -1.40. The van der Waals surface area contributed by atoms with Crippen molar-refractivity contribution in [1.82, 2.24) is 19.5 Å². The third-order valence-electron chi connectivity index (χ3n) is 3.92. The normalized spacial score (nSPS) is 13.8. The van der Waals surface area contributed by atoms with Crippen molar-refractivity contribution < 1.29 is 5.11 Å². The van der Waals surface area contributed by atoms with Crippen LogP contribution in [0.15, 0.2) is 6.33 Å². The lowest BCUT2D eigenvalue weighted by molar-refractivity contribution is 0.123. The molecule has 2 unspecified atom stereocenters. The van der Waals surface area contributed by atoms with Crippen LogP contribution in [0.25, 0.3) is 11.2 Å². The van der Waals surface area contributed by atoms with Crippen LogP contribution >= 0.6 is 12.4 Å². The van der Waals surface area contributed by atoms with Crippen LogP contribution in [0.5, 0.6) is 0 Å². The SMILES string of the molecule is CCCCCCC(C(C)O)n1c(C)nc2c(N)ncnc21.Cl. The Labute approximate surface area is 137 Å². The van der Waals surface area contributed by atoms with E-state index in [1.54, 1.807) is 0 Å². The van der Waals surface area contributed by atoms with E-state index >= 15 is 0 Å². The first kappa shape index (κ1) is 18.6. The van der Waals surface area contributed by atoms with Crippen molar-refractivity contribution in [3.63, 3.8) is 0 Å². The lowest BCUT2D eigenvalue weighted by Crippen LogP contribution is -2.23. The summed E-state index contributed by atoms with van der Waals surface area (Å²) in [5.41, 5.74) is 7.19. The summed E-state index contributed by atoms with van der Waals surface area (Å²) in [5.74, 6) is 1.20. The van der Waals surface area contributed by atoms with Crippen LogP contribution in [0.2, 0.25) is 0 Å². The number of nitrogens with zero attached hydrogens (tertiary/aromatic N) is 4. The smallest absolute Gasteiger partial charge is 0.165 e. The number of fused-ring (bicyclic) bond motifs is 1. The average molecular weight is 328 g/mol. The quantitative estimate of drug-likeness (QED) is 0.763. The summed E-state index contributed by atoms with van der Waals surface area (Å²) < 4.78 is 2.00. The highest BCUT2D eigenvalue weighted by atomic mass is 35.5. The van der Waals surface area contributed by atoms with Crippen LogP contribution < -0.4 is 5.73 Å². The lowest BCUT2D eigenvalue weighted by atomic mass is 10.0. The number of aryl methyl sites for hydroxylation is 1. The highest BCUT2D eigenvalue weighted by Gasteiger charge is 2.23. The van der Waals surface area contributed by atoms with Crippen LogP contribution in [0.3, 0.4) is 0 Å². The molecule has 0 radical (unpaired) electrons. The van der Waals surface area contributed by atoms with Crippen LogP contribution in [-0.2, 0) is 0 Å². The number of halogens is 1. The van der Waals surface area contributed by atoms with Gasteiger partial charge in [0.05, 0.1) is 12.1 Å². The molecule has 0 aliphatic carbocycles. The fourth-order valence-electron chi connectivity index (χ4n) is 2.80. The molecule has 2 aromatic rings. The number of aromatic nitrogens is 4. The van der Waals surface area contributed by atoms with Gasteiger partial charge in [-0.05, 0) is 20.3 Å². The fourth-order valence-corrected chi connectivity index (χ4v) is 2.80. The van der Waals surface area contributed by atoms with E-state index in [9.17, 15) is 5.11 Å². The van der Waals surface area contributed by atoms with Gasteiger partial charge in [0.15, 0.2) is 17.0 Å². The molecule has 0 aliphatic heterocycles.